The van der Waals surface area contributed by atoms with Crippen molar-refractivity contribution < 1.29 is 0 Å². The first-order valence-electron chi connectivity index (χ1n) is 5.65. The summed E-state index contributed by atoms with van der Waals surface area (Å²) in [6.45, 7) is 1.18. The van der Waals surface area contributed by atoms with Gasteiger partial charge in [0.15, 0.2) is 0 Å². The zero-order chi connectivity index (χ0) is 13.0. The van der Waals surface area contributed by atoms with Crippen LogP contribution in [0.3, 0.4) is 0 Å². The Morgan fingerprint density at radius 1 is 1.28 bits per heavy atom. The van der Waals surface area contributed by atoms with E-state index in [0.717, 1.165) is 22.9 Å². The summed E-state index contributed by atoms with van der Waals surface area (Å²) in [6.07, 6.45) is 3.29. The molecule has 0 atom stereocenters. The minimum atomic E-state index is 0.432. The van der Waals surface area contributed by atoms with E-state index < -0.39 is 0 Å². The number of aromatic nitrogens is 2. The fourth-order valence-corrected chi connectivity index (χ4v) is 1.90. The number of hydrogen-bond donors (Lipinski definition) is 1. The third-order valence-corrected chi connectivity index (χ3v) is 2.93. The Bertz CT molecular complexity index is 513. The molecule has 0 fully saturated rings. The minimum Gasteiger partial charge on any atom is -0.355 e. The van der Waals surface area contributed by atoms with E-state index in [2.05, 4.69) is 9.97 Å². The van der Waals surface area contributed by atoms with Crippen LogP contribution in [0, 0.1) is 0 Å². The van der Waals surface area contributed by atoms with Gasteiger partial charge in [-0.05, 0) is 17.7 Å². The summed E-state index contributed by atoms with van der Waals surface area (Å²) in [6, 6.07) is 7.77. The third-order valence-electron chi connectivity index (χ3n) is 2.68. The first-order valence-corrected chi connectivity index (χ1v) is 6.03. The van der Waals surface area contributed by atoms with Crippen molar-refractivity contribution in [3.8, 4) is 0 Å². The summed E-state index contributed by atoms with van der Waals surface area (Å²) in [5.41, 5.74) is 7.79. The molecule has 1 aromatic carbocycles. The van der Waals surface area contributed by atoms with Crippen LogP contribution in [0.5, 0.6) is 0 Å². The molecule has 2 rings (SSSR count). The number of anilines is 1. The maximum Gasteiger partial charge on any atom is 0.136 e. The Morgan fingerprint density at radius 3 is 2.67 bits per heavy atom. The molecule has 0 unspecified atom stereocenters. The lowest BCUT2D eigenvalue weighted by molar-refractivity contribution is 0.865. The van der Waals surface area contributed by atoms with Gasteiger partial charge in [-0.25, -0.2) is 9.97 Å². The van der Waals surface area contributed by atoms with Crippen molar-refractivity contribution in [1.29, 1.82) is 0 Å². The van der Waals surface area contributed by atoms with Gasteiger partial charge in [0.2, 0.25) is 0 Å². The van der Waals surface area contributed by atoms with E-state index in [-0.39, 0.29) is 0 Å². The maximum atomic E-state index is 5.86. The van der Waals surface area contributed by atoms with Crippen LogP contribution in [-0.4, -0.2) is 17.0 Å². The van der Waals surface area contributed by atoms with Crippen LogP contribution in [0.15, 0.2) is 36.8 Å². The van der Waals surface area contributed by atoms with E-state index in [0.29, 0.717) is 6.54 Å². The molecule has 0 saturated heterocycles. The van der Waals surface area contributed by atoms with Crippen molar-refractivity contribution in [2.45, 2.75) is 13.1 Å². The van der Waals surface area contributed by atoms with Crippen molar-refractivity contribution in [1.82, 2.24) is 9.97 Å². The van der Waals surface area contributed by atoms with Gasteiger partial charge in [0.05, 0.1) is 0 Å². The van der Waals surface area contributed by atoms with Gasteiger partial charge in [0.25, 0.3) is 0 Å². The first-order chi connectivity index (χ1) is 8.70. The van der Waals surface area contributed by atoms with Gasteiger partial charge in [-0.3, -0.25) is 0 Å². The van der Waals surface area contributed by atoms with E-state index in [1.165, 1.54) is 11.9 Å². The highest BCUT2D eigenvalue weighted by Crippen LogP contribution is 2.17. The van der Waals surface area contributed by atoms with E-state index in [1.807, 2.05) is 36.2 Å². The molecule has 1 heterocycles. The highest BCUT2D eigenvalue weighted by atomic mass is 35.5. The van der Waals surface area contributed by atoms with E-state index in [4.69, 9.17) is 17.3 Å². The van der Waals surface area contributed by atoms with Crippen molar-refractivity contribution in [2.24, 2.45) is 5.73 Å². The van der Waals surface area contributed by atoms with Gasteiger partial charge >= 0.3 is 0 Å². The molecule has 4 nitrogen and oxygen atoms in total. The van der Waals surface area contributed by atoms with E-state index in [9.17, 15) is 0 Å². The van der Waals surface area contributed by atoms with Crippen LogP contribution in [0.4, 0.5) is 5.82 Å². The van der Waals surface area contributed by atoms with Gasteiger partial charge in [-0.2, -0.15) is 0 Å². The van der Waals surface area contributed by atoms with Crippen molar-refractivity contribution in [3.63, 3.8) is 0 Å². The zero-order valence-corrected chi connectivity index (χ0v) is 10.9. The molecular weight excluding hydrogens is 248 g/mol. The molecule has 2 N–H and O–H groups in total. The minimum absolute atomic E-state index is 0.432. The number of hydrogen-bond acceptors (Lipinski definition) is 4. The SMILES string of the molecule is CN(Cc1ccc(Cl)cc1)c1ncncc1CN. The fourth-order valence-electron chi connectivity index (χ4n) is 1.78. The van der Waals surface area contributed by atoms with Gasteiger partial charge in [0, 0.05) is 36.9 Å². The van der Waals surface area contributed by atoms with Crippen LogP contribution in [0.2, 0.25) is 5.02 Å². The summed E-state index contributed by atoms with van der Waals surface area (Å²) < 4.78 is 0. The molecule has 0 bridgehead atoms. The smallest absolute Gasteiger partial charge is 0.136 e. The number of nitrogens with two attached hydrogens (primary N) is 1. The summed E-state index contributed by atoms with van der Waals surface area (Å²) in [4.78, 5) is 10.3. The average molecular weight is 263 g/mol. The van der Waals surface area contributed by atoms with Crippen LogP contribution in [0.25, 0.3) is 0 Å². The highest BCUT2D eigenvalue weighted by Gasteiger charge is 2.08. The van der Waals surface area contributed by atoms with Crippen molar-refractivity contribution >= 4 is 17.4 Å². The number of nitrogens with zero attached hydrogens (tertiary/aromatic N) is 3. The molecule has 5 heteroatoms. The largest absolute Gasteiger partial charge is 0.355 e. The molecule has 0 spiro atoms. The Kier molecular flexibility index (Phi) is 4.12. The van der Waals surface area contributed by atoms with Crippen molar-refractivity contribution in [3.05, 3.63) is 52.9 Å². The molecule has 0 amide bonds. The van der Waals surface area contributed by atoms with Crippen LogP contribution < -0.4 is 10.6 Å². The topological polar surface area (TPSA) is 55.0 Å². The Morgan fingerprint density at radius 2 is 2.00 bits per heavy atom. The lowest BCUT2D eigenvalue weighted by atomic mass is 10.2. The monoisotopic (exact) mass is 262 g/mol. The summed E-state index contributed by atoms with van der Waals surface area (Å²) in [5, 5.41) is 0.742. The molecular formula is C13H15ClN4. The molecule has 18 heavy (non-hydrogen) atoms. The lowest BCUT2D eigenvalue weighted by Crippen LogP contribution is -2.20. The highest BCUT2D eigenvalue weighted by molar-refractivity contribution is 6.30. The predicted octanol–water partition coefficient (Wildman–Crippen LogP) is 2.23. The van der Waals surface area contributed by atoms with Crippen LogP contribution in [-0.2, 0) is 13.1 Å². The standard InChI is InChI=1S/C13H15ClN4/c1-18(8-10-2-4-12(14)5-3-10)13-11(6-15)7-16-9-17-13/h2-5,7,9H,6,8,15H2,1H3. The van der Waals surface area contributed by atoms with E-state index >= 15 is 0 Å². The number of rotatable bonds is 4. The fraction of sp³-hybridized carbons (Fsp3) is 0.231. The van der Waals surface area contributed by atoms with Gasteiger partial charge in [0.1, 0.15) is 12.1 Å². The first kappa shape index (κ1) is 12.8. The second-order valence-electron chi connectivity index (χ2n) is 4.06. The van der Waals surface area contributed by atoms with Crippen molar-refractivity contribution in [2.75, 3.05) is 11.9 Å². The zero-order valence-electron chi connectivity index (χ0n) is 10.2. The quantitative estimate of drug-likeness (QED) is 0.918. The van der Waals surface area contributed by atoms with Crippen LogP contribution >= 0.6 is 11.6 Å². The predicted molar refractivity (Wildman–Crippen MR) is 73.5 cm³/mol. The summed E-state index contributed by atoms with van der Waals surface area (Å²) in [7, 11) is 1.98. The Hall–Kier alpha value is -1.65. The molecule has 0 saturated carbocycles. The molecule has 94 valence electrons. The van der Waals surface area contributed by atoms with Gasteiger partial charge in [-0.1, -0.05) is 23.7 Å². The average Bonchev–Trinajstić information content (AvgIpc) is 2.41. The van der Waals surface area contributed by atoms with E-state index in [1.54, 1.807) is 6.20 Å². The second-order valence-corrected chi connectivity index (χ2v) is 4.49. The third kappa shape index (κ3) is 2.97. The normalized spacial score (nSPS) is 10.4. The molecule has 0 aliphatic rings. The Balaban J connectivity index is 2.16. The summed E-state index contributed by atoms with van der Waals surface area (Å²) >= 11 is 5.86. The van der Waals surface area contributed by atoms with Crippen LogP contribution in [0.1, 0.15) is 11.1 Å². The Labute approximate surface area is 111 Å². The maximum absolute atomic E-state index is 5.86. The van der Waals surface area contributed by atoms with Gasteiger partial charge in [-0.15, -0.1) is 0 Å². The molecule has 0 radical (unpaired) electrons. The molecule has 0 aliphatic heterocycles. The molecule has 2 aromatic rings. The number of halogens is 1. The lowest BCUT2D eigenvalue weighted by Gasteiger charge is -2.20. The second kappa shape index (κ2) is 5.80. The molecule has 0 aliphatic carbocycles. The summed E-state index contributed by atoms with van der Waals surface area (Å²) in [5.74, 6) is 0.863. The van der Waals surface area contributed by atoms with Gasteiger partial charge < -0.3 is 10.6 Å². The molecule has 1 aromatic heterocycles. The number of benzene rings is 1.